The van der Waals surface area contributed by atoms with Gasteiger partial charge in [-0.25, -0.2) is 8.78 Å². The Balaban J connectivity index is 1.30. The number of piperazine rings is 1. The van der Waals surface area contributed by atoms with Gasteiger partial charge in [-0.3, -0.25) is 14.6 Å². The SMILES string of the molecule is COc1ccc(C(=O)N2C[C@@H]3COCCN3C3(C2)CN(C2CCC(F)(F)CC2)C3)cc1. The lowest BCUT2D eigenvalue weighted by Gasteiger charge is -2.65. The summed E-state index contributed by atoms with van der Waals surface area (Å²) in [5.74, 6) is -1.74. The molecule has 4 fully saturated rings. The third-order valence-corrected chi connectivity index (χ3v) is 7.58. The summed E-state index contributed by atoms with van der Waals surface area (Å²) in [5.41, 5.74) is 0.557. The van der Waals surface area contributed by atoms with Crippen LogP contribution < -0.4 is 4.74 Å². The molecule has 31 heavy (non-hydrogen) atoms. The summed E-state index contributed by atoms with van der Waals surface area (Å²) < 4.78 is 38.1. The molecule has 0 bridgehead atoms. The van der Waals surface area contributed by atoms with Crippen molar-refractivity contribution in [1.82, 2.24) is 14.7 Å². The molecular weight excluding hydrogens is 404 g/mol. The first-order valence-corrected chi connectivity index (χ1v) is 11.3. The molecule has 3 saturated heterocycles. The van der Waals surface area contributed by atoms with Crippen LogP contribution in [0.15, 0.2) is 24.3 Å². The Labute approximate surface area is 182 Å². The van der Waals surface area contributed by atoms with E-state index in [0.29, 0.717) is 44.7 Å². The first-order valence-electron chi connectivity index (χ1n) is 11.3. The minimum absolute atomic E-state index is 0.0105. The monoisotopic (exact) mass is 435 g/mol. The Morgan fingerprint density at radius 3 is 2.48 bits per heavy atom. The van der Waals surface area contributed by atoms with Crippen LogP contribution in [-0.4, -0.2) is 97.2 Å². The number of hydrogen-bond donors (Lipinski definition) is 0. The third kappa shape index (κ3) is 3.94. The summed E-state index contributed by atoms with van der Waals surface area (Å²) in [6, 6.07) is 7.67. The molecule has 3 aliphatic heterocycles. The number of carbonyl (C=O) groups is 1. The van der Waals surface area contributed by atoms with Crippen molar-refractivity contribution >= 4 is 5.91 Å². The molecule has 6 nitrogen and oxygen atoms in total. The van der Waals surface area contributed by atoms with Gasteiger partial charge in [0.15, 0.2) is 0 Å². The van der Waals surface area contributed by atoms with E-state index in [1.165, 1.54) is 0 Å². The number of rotatable bonds is 3. The average Bonchev–Trinajstić information content (AvgIpc) is 2.76. The highest BCUT2D eigenvalue weighted by molar-refractivity contribution is 5.94. The van der Waals surface area contributed by atoms with Crippen molar-refractivity contribution in [2.24, 2.45) is 0 Å². The fraction of sp³-hybridized carbons (Fsp3) is 0.696. The smallest absolute Gasteiger partial charge is 0.253 e. The van der Waals surface area contributed by atoms with E-state index in [9.17, 15) is 13.6 Å². The van der Waals surface area contributed by atoms with Gasteiger partial charge in [-0.2, -0.15) is 0 Å². The van der Waals surface area contributed by atoms with E-state index in [1.54, 1.807) is 7.11 Å². The fourth-order valence-electron chi connectivity index (χ4n) is 5.91. The van der Waals surface area contributed by atoms with Crippen molar-refractivity contribution in [1.29, 1.82) is 0 Å². The number of ether oxygens (including phenoxy) is 2. The predicted octanol–water partition coefficient (Wildman–Crippen LogP) is 2.48. The molecule has 5 rings (SSSR count). The van der Waals surface area contributed by atoms with Gasteiger partial charge in [-0.05, 0) is 37.1 Å². The van der Waals surface area contributed by atoms with E-state index >= 15 is 0 Å². The topological polar surface area (TPSA) is 45.2 Å². The van der Waals surface area contributed by atoms with Gasteiger partial charge >= 0.3 is 0 Å². The number of morpholine rings is 1. The summed E-state index contributed by atoms with van der Waals surface area (Å²) in [6.45, 7) is 5.21. The number of carbonyl (C=O) groups excluding carboxylic acids is 1. The normalized spacial score (nSPS) is 28.7. The Morgan fingerprint density at radius 2 is 1.81 bits per heavy atom. The highest BCUT2D eigenvalue weighted by Gasteiger charge is 2.56. The van der Waals surface area contributed by atoms with Crippen LogP contribution in [0.3, 0.4) is 0 Å². The zero-order valence-corrected chi connectivity index (χ0v) is 18.1. The highest BCUT2D eigenvalue weighted by atomic mass is 19.3. The lowest BCUT2D eigenvalue weighted by Crippen LogP contribution is -2.81. The van der Waals surface area contributed by atoms with Gasteiger partial charge in [0.25, 0.3) is 5.91 Å². The maximum Gasteiger partial charge on any atom is 0.253 e. The number of hydrogen-bond acceptors (Lipinski definition) is 5. The number of nitrogens with zero attached hydrogens (tertiary/aromatic N) is 3. The highest BCUT2D eigenvalue weighted by Crippen LogP contribution is 2.42. The van der Waals surface area contributed by atoms with Crippen LogP contribution in [0.1, 0.15) is 36.0 Å². The zero-order chi connectivity index (χ0) is 21.6. The predicted molar refractivity (Wildman–Crippen MR) is 112 cm³/mol. The van der Waals surface area contributed by atoms with Crippen molar-refractivity contribution in [3.63, 3.8) is 0 Å². The van der Waals surface area contributed by atoms with Gasteiger partial charge in [0.05, 0.1) is 31.9 Å². The molecule has 1 aromatic rings. The summed E-state index contributed by atoms with van der Waals surface area (Å²) in [7, 11) is 1.61. The number of fused-ring (bicyclic) bond motifs is 2. The average molecular weight is 436 g/mol. The Morgan fingerprint density at radius 1 is 1.10 bits per heavy atom. The second-order valence-corrected chi connectivity index (χ2v) is 9.55. The molecule has 3 heterocycles. The summed E-state index contributed by atoms with van der Waals surface area (Å²) in [4.78, 5) is 20.1. The van der Waals surface area contributed by atoms with Crippen LogP contribution in [0.5, 0.6) is 5.75 Å². The second kappa shape index (κ2) is 7.98. The maximum absolute atomic E-state index is 13.6. The first-order chi connectivity index (χ1) is 14.9. The van der Waals surface area contributed by atoms with Crippen molar-refractivity contribution in [3.05, 3.63) is 29.8 Å². The molecule has 4 aliphatic rings. The zero-order valence-electron chi connectivity index (χ0n) is 18.1. The maximum atomic E-state index is 13.6. The molecule has 0 N–H and O–H groups in total. The molecular formula is C23H31F2N3O3. The van der Waals surface area contributed by atoms with Crippen LogP contribution in [0.25, 0.3) is 0 Å². The minimum atomic E-state index is -2.50. The van der Waals surface area contributed by atoms with Crippen molar-refractivity contribution in [2.45, 2.75) is 49.2 Å². The van der Waals surface area contributed by atoms with Gasteiger partial charge < -0.3 is 14.4 Å². The van der Waals surface area contributed by atoms with Crippen molar-refractivity contribution < 1.29 is 23.0 Å². The van der Waals surface area contributed by atoms with Gasteiger partial charge in [0.2, 0.25) is 5.92 Å². The Kier molecular flexibility index (Phi) is 5.43. The first kappa shape index (κ1) is 21.1. The van der Waals surface area contributed by atoms with E-state index in [1.807, 2.05) is 29.2 Å². The molecule has 0 radical (unpaired) electrons. The molecule has 170 valence electrons. The van der Waals surface area contributed by atoms with Crippen LogP contribution in [-0.2, 0) is 4.74 Å². The third-order valence-electron chi connectivity index (χ3n) is 7.58. The van der Waals surface area contributed by atoms with Crippen molar-refractivity contribution in [2.75, 3.05) is 53.0 Å². The minimum Gasteiger partial charge on any atom is -0.497 e. The summed E-state index contributed by atoms with van der Waals surface area (Å²) >= 11 is 0. The van der Waals surface area contributed by atoms with E-state index in [4.69, 9.17) is 9.47 Å². The lowest BCUT2D eigenvalue weighted by atomic mass is 9.79. The van der Waals surface area contributed by atoms with E-state index in [0.717, 1.165) is 25.4 Å². The molecule has 1 aromatic carbocycles. The van der Waals surface area contributed by atoms with Crippen molar-refractivity contribution in [3.8, 4) is 5.75 Å². The molecule has 1 atom stereocenters. The second-order valence-electron chi connectivity index (χ2n) is 9.55. The van der Waals surface area contributed by atoms with Crippen LogP contribution >= 0.6 is 0 Å². The van der Waals surface area contributed by atoms with Crippen LogP contribution in [0, 0.1) is 0 Å². The van der Waals surface area contributed by atoms with Gasteiger partial charge in [0, 0.05) is 57.2 Å². The number of likely N-dealkylation sites (tertiary alicyclic amines) is 1. The largest absolute Gasteiger partial charge is 0.497 e. The van der Waals surface area contributed by atoms with Crippen LogP contribution in [0.2, 0.25) is 0 Å². The molecule has 0 unspecified atom stereocenters. The number of methoxy groups -OCH3 is 1. The Hall–Kier alpha value is -1.77. The molecule has 1 amide bonds. The van der Waals surface area contributed by atoms with Gasteiger partial charge in [-0.1, -0.05) is 0 Å². The molecule has 1 spiro atoms. The van der Waals surface area contributed by atoms with E-state index < -0.39 is 5.92 Å². The summed E-state index contributed by atoms with van der Waals surface area (Å²) in [6.07, 6.45) is 1.10. The van der Waals surface area contributed by atoms with Crippen LogP contribution in [0.4, 0.5) is 8.78 Å². The quantitative estimate of drug-likeness (QED) is 0.730. The lowest BCUT2D eigenvalue weighted by molar-refractivity contribution is -0.173. The molecule has 8 heteroatoms. The number of amides is 1. The molecule has 1 saturated carbocycles. The fourth-order valence-corrected chi connectivity index (χ4v) is 5.91. The van der Waals surface area contributed by atoms with Gasteiger partial charge in [0.1, 0.15) is 5.75 Å². The number of alkyl halides is 2. The number of benzene rings is 1. The molecule has 1 aliphatic carbocycles. The van der Waals surface area contributed by atoms with E-state index in [2.05, 4.69) is 9.80 Å². The number of halogens is 2. The Bertz CT molecular complexity index is 803. The molecule has 0 aromatic heterocycles. The van der Waals surface area contributed by atoms with E-state index in [-0.39, 0.29) is 36.4 Å². The summed E-state index contributed by atoms with van der Waals surface area (Å²) in [5, 5.41) is 0. The standard InChI is InChI=1S/C23H31F2N3O3/c1-30-20-4-2-17(3-5-20)21(29)26-12-19-13-31-11-10-28(19)22(14-26)15-27(16-22)18-6-8-23(24,25)9-7-18/h2-5,18-19H,6-16H2,1H3/t19-/m1/s1. The van der Waals surface area contributed by atoms with Gasteiger partial charge in [-0.15, -0.1) is 0 Å².